The summed E-state index contributed by atoms with van der Waals surface area (Å²) < 4.78 is 4.72. The topological polar surface area (TPSA) is 116 Å². The first-order valence-corrected chi connectivity index (χ1v) is 5.00. The van der Waals surface area contributed by atoms with Gasteiger partial charge in [0.05, 0.1) is 19.7 Å². The lowest BCUT2D eigenvalue weighted by Gasteiger charge is -2.19. The Bertz CT molecular complexity index is 312. The van der Waals surface area contributed by atoms with E-state index in [2.05, 4.69) is 6.58 Å². The fourth-order valence-corrected chi connectivity index (χ4v) is 1.18. The summed E-state index contributed by atoms with van der Waals surface area (Å²) >= 11 is 0. The minimum absolute atomic E-state index is 0.00468. The summed E-state index contributed by atoms with van der Waals surface area (Å²) in [4.78, 5) is 34.1. The van der Waals surface area contributed by atoms with Gasteiger partial charge in [0.2, 0.25) is 11.8 Å². The fourth-order valence-electron chi connectivity index (χ4n) is 1.18. The molecule has 0 aromatic rings. The van der Waals surface area contributed by atoms with Crippen LogP contribution in [0.3, 0.4) is 0 Å². The lowest BCUT2D eigenvalue weighted by atomic mass is 10.2. The molecule has 0 atom stereocenters. The molecule has 0 aliphatic rings. The number of amides is 2. The van der Waals surface area contributed by atoms with Gasteiger partial charge < -0.3 is 16.2 Å². The molecule has 0 rings (SSSR count). The first-order valence-electron chi connectivity index (χ1n) is 5.00. The summed E-state index contributed by atoms with van der Waals surface area (Å²) in [5.41, 5.74) is 10.1. The third-order valence-corrected chi connectivity index (χ3v) is 1.74. The van der Waals surface area contributed by atoms with E-state index in [1.54, 1.807) is 6.92 Å². The molecule has 0 aromatic carbocycles. The number of hydrogen-bond acceptors (Lipinski definition) is 5. The molecular weight excluding hydrogens is 226 g/mol. The van der Waals surface area contributed by atoms with Crippen molar-refractivity contribution in [3.8, 4) is 0 Å². The number of nitrogens with zero attached hydrogens (tertiary/aromatic N) is 1. The number of ether oxygens (including phenoxy) is 1. The van der Waals surface area contributed by atoms with Gasteiger partial charge in [-0.1, -0.05) is 6.58 Å². The molecule has 17 heavy (non-hydrogen) atoms. The Labute approximate surface area is 99.4 Å². The van der Waals surface area contributed by atoms with Crippen LogP contribution in [0, 0.1) is 0 Å². The molecule has 0 aliphatic heterocycles. The molecule has 2 amide bonds. The van der Waals surface area contributed by atoms with Crippen molar-refractivity contribution in [3.63, 3.8) is 0 Å². The molecule has 7 heteroatoms. The molecule has 0 fully saturated rings. The Morgan fingerprint density at radius 2 is 1.59 bits per heavy atom. The minimum atomic E-state index is -0.622. The van der Waals surface area contributed by atoms with Crippen LogP contribution in [-0.2, 0) is 19.1 Å². The van der Waals surface area contributed by atoms with Gasteiger partial charge in [-0.05, 0) is 6.92 Å². The maximum Gasteiger partial charge on any atom is 0.334 e. The summed E-state index contributed by atoms with van der Waals surface area (Å²) in [7, 11) is 0. The highest BCUT2D eigenvalue weighted by Crippen LogP contribution is 1.99. The van der Waals surface area contributed by atoms with Gasteiger partial charge in [-0.3, -0.25) is 14.5 Å². The highest BCUT2D eigenvalue weighted by Gasteiger charge is 2.16. The highest BCUT2D eigenvalue weighted by atomic mass is 16.5. The van der Waals surface area contributed by atoms with E-state index in [-0.39, 0.29) is 31.8 Å². The molecule has 7 nitrogen and oxygen atoms in total. The predicted molar refractivity (Wildman–Crippen MR) is 60.6 cm³/mol. The Morgan fingerprint density at radius 1 is 1.12 bits per heavy atom. The zero-order valence-electron chi connectivity index (χ0n) is 9.77. The summed E-state index contributed by atoms with van der Waals surface area (Å²) in [6, 6.07) is 0. The van der Waals surface area contributed by atoms with Crippen molar-refractivity contribution in [1.82, 2.24) is 4.90 Å². The molecule has 0 saturated heterocycles. The summed E-state index contributed by atoms with van der Waals surface area (Å²) in [5, 5.41) is 0. The Hall–Kier alpha value is -1.89. The molecule has 96 valence electrons. The van der Waals surface area contributed by atoms with Crippen molar-refractivity contribution in [2.24, 2.45) is 11.5 Å². The molecule has 4 N–H and O–H groups in total. The number of rotatable bonds is 8. The number of hydrogen-bond donors (Lipinski definition) is 2. The van der Waals surface area contributed by atoms with Crippen LogP contribution in [0.5, 0.6) is 0 Å². The molecule has 0 unspecified atom stereocenters. The Balaban J connectivity index is 4.41. The van der Waals surface area contributed by atoms with Gasteiger partial charge in [0.1, 0.15) is 0 Å². The van der Waals surface area contributed by atoms with E-state index < -0.39 is 17.8 Å². The van der Waals surface area contributed by atoms with Gasteiger partial charge in [-0.25, -0.2) is 4.79 Å². The fraction of sp³-hybridized carbons (Fsp3) is 0.500. The summed E-state index contributed by atoms with van der Waals surface area (Å²) in [6.45, 7) is 5.04. The van der Waals surface area contributed by atoms with Crippen molar-refractivity contribution in [3.05, 3.63) is 12.2 Å². The zero-order valence-corrected chi connectivity index (χ0v) is 9.77. The van der Waals surface area contributed by atoms with Crippen LogP contribution >= 0.6 is 0 Å². The summed E-state index contributed by atoms with van der Waals surface area (Å²) in [6.07, 6.45) is 0. The van der Waals surface area contributed by atoms with E-state index in [0.29, 0.717) is 0 Å². The molecular formula is C10H17N3O4. The molecule has 0 aliphatic carbocycles. The minimum Gasteiger partial charge on any atom is -0.463 e. The quantitative estimate of drug-likeness (QED) is 0.392. The van der Waals surface area contributed by atoms with Crippen molar-refractivity contribution >= 4 is 17.8 Å². The smallest absolute Gasteiger partial charge is 0.334 e. The van der Waals surface area contributed by atoms with E-state index in [1.807, 2.05) is 0 Å². The van der Waals surface area contributed by atoms with Crippen molar-refractivity contribution in [2.75, 3.05) is 26.2 Å². The van der Waals surface area contributed by atoms with Crippen LogP contribution < -0.4 is 11.5 Å². The van der Waals surface area contributed by atoms with Crippen molar-refractivity contribution in [1.29, 1.82) is 0 Å². The average molecular weight is 243 g/mol. The van der Waals surface area contributed by atoms with Gasteiger partial charge >= 0.3 is 5.97 Å². The second-order valence-corrected chi connectivity index (χ2v) is 3.40. The molecule has 0 saturated carbocycles. The number of carbonyl (C=O) groups excluding carboxylic acids is 3. The Kier molecular flexibility index (Phi) is 6.57. The summed E-state index contributed by atoms with van der Waals surface area (Å²) in [5.74, 6) is -1.82. The van der Waals surface area contributed by atoms with E-state index in [9.17, 15) is 14.4 Å². The van der Waals surface area contributed by atoms with Crippen LogP contribution in [-0.4, -0.2) is 48.9 Å². The molecule has 0 heterocycles. The number of primary amides is 2. The van der Waals surface area contributed by atoms with Crippen LogP contribution in [0.15, 0.2) is 12.2 Å². The van der Waals surface area contributed by atoms with E-state index >= 15 is 0 Å². The lowest BCUT2D eigenvalue weighted by molar-refractivity contribution is -0.139. The third-order valence-electron chi connectivity index (χ3n) is 1.74. The first kappa shape index (κ1) is 15.1. The SMILES string of the molecule is C=C(CN(CC(N)=O)CC(N)=O)C(=O)OCC. The predicted octanol–water partition coefficient (Wildman–Crippen LogP) is -1.62. The molecule has 0 bridgehead atoms. The van der Waals surface area contributed by atoms with E-state index in [0.717, 1.165) is 0 Å². The van der Waals surface area contributed by atoms with Crippen LogP contribution in [0.25, 0.3) is 0 Å². The number of esters is 1. The Morgan fingerprint density at radius 3 is 1.94 bits per heavy atom. The van der Waals surface area contributed by atoms with Crippen LogP contribution in [0.1, 0.15) is 6.92 Å². The second kappa shape index (κ2) is 7.39. The highest BCUT2D eigenvalue weighted by molar-refractivity contribution is 5.88. The largest absolute Gasteiger partial charge is 0.463 e. The zero-order chi connectivity index (χ0) is 13.4. The molecule has 0 aromatic heterocycles. The van der Waals surface area contributed by atoms with Crippen molar-refractivity contribution in [2.45, 2.75) is 6.92 Å². The monoisotopic (exact) mass is 243 g/mol. The van der Waals surface area contributed by atoms with Crippen molar-refractivity contribution < 1.29 is 19.1 Å². The van der Waals surface area contributed by atoms with E-state index in [4.69, 9.17) is 16.2 Å². The first-order chi connectivity index (χ1) is 7.86. The van der Waals surface area contributed by atoms with Gasteiger partial charge in [0, 0.05) is 12.1 Å². The maximum atomic E-state index is 11.3. The lowest BCUT2D eigenvalue weighted by Crippen LogP contribution is -2.41. The van der Waals surface area contributed by atoms with Crippen LogP contribution in [0.2, 0.25) is 0 Å². The van der Waals surface area contributed by atoms with Gasteiger partial charge in [-0.2, -0.15) is 0 Å². The van der Waals surface area contributed by atoms with Gasteiger partial charge in [0.15, 0.2) is 0 Å². The number of carbonyl (C=O) groups is 3. The molecule has 0 radical (unpaired) electrons. The second-order valence-electron chi connectivity index (χ2n) is 3.40. The average Bonchev–Trinajstić information content (AvgIpc) is 2.15. The van der Waals surface area contributed by atoms with E-state index in [1.165, 1.54) is 4.90 Å². The third kappa shape index (κ3) is 7.07. The maximum absolute atomic E-state index is 11.3. The molecule has 0 spiro atoms. The van der Waals surface area contributed by atoms with Gasteiger partial charge in [0.25, 0.3) is 0 Å². The van der Waals surface area contributed by atoms with Gasteiger partial charge in [-0.15, -0.1) is 0 Å². The number of nitrogens with two attached hydrogens (primary N) is 2. The normalized spacial score (nSPS) is 10.0. The standard InChI is InChI=1S/C10H17N3O4/c1-3-17-10(16)7(2)4-13(5-8(11)14)6-9(12)15/h2-6H2,1H3,(H2,11,14)(H2,12,15). The van der Waals surface area contributed by atoms with Crippen LogP contribution in [0.4, 0.5) is 0 Å².